The van der Waals surface area contributed by atoms with Gasteiger partial charge in [-0.2, -0.15) is 4.57 Å². The van der Waals surface area contributed by atoms with Crippen LogP contribution in [0.1, 0.15) is 24.8 Å². The Morgan fingerprint density at radius 2 is 1.37 bits per heavy atom. The van der Waals surface area contributed by atoms with Gasteiger partial charge in [-0.05, 0) is 60.4 Å². The van der Waals surface area contributed by atoms with Crippen molar-refractivity contribution in [1.82, 2.24) is 0 Å². The highest BCUT2D eigenvalue weighted by Crippen LogP contribution is 2.42. The molecule has 2 nitrogen and oxygen atoms in total. The molecular formula is C27H21BrClF5N2S2. The molecule has 0 radical (unpaired) electrons. The summed E-state index contributed by atoms with van der Waals surface area (Å²) in [7, 11) is 0. The second kappa shape index (κ2) is 12.4. The minimum Gasteiger partial charge on any atom is -1.00 e. The third-order valence-electron chi connectivity index (χ3n) is 6.18. The van der Waals surface area contributed by atoms with E-state index in [9.17, 15) is 22.0 Å². The van der Waals surface area contributed by atoms with Crippen LogP contribution in [0.15, 0.2) is 59.6 Å². The van der Waals surface area contributed by atoms with Crippen LogP contribution in [-0.2, 0) is 5.75 Å². The largest absolute Gasteiger partial charge is 1.00 e. The summed E-state index contributed by atoms with van der Waals surface area (Å²) in [6.07, 6.45) is 3.21. The van der Waals surface area contributed by atoms with Gasteiger partial charge in [0.25, 0.3) is 0 Å². The van der Waals surface area contributed by atoms with Gasteiger partial charge in [0.15, 0.2) is 28.3 Å². The smallest absolute Gasteiger partial charge is 0.342 e. The number of para-hydroxylation sites is 1. The van der Waals surface area contributed by atoms with E-state index < -0.39 is 40.4 Å². The quantitative estimate of drug-likeness (QED) is 0.0920. The highest BCUT2D eigenvalue weighted by molar-refractivity contribution is 7.98. The Bertz CT molecular complexity index is 1400. The van der Waals surface area contributed by atoms with Gasteiger partial charge in [-0.15, -0.1) is 0 Å². The molecule has 1 saturated heterocycles. The molecule has 0 atom stereocenters. The van der Waals surface area contributed by atoms with Crippen molar-refractivity contribution in [2.24, 2.45) is 0 Å². The number of rotatable bonds is 6. The maximum absolute atomic E-state index is 14.5. The minimum atomic E-state index is -2.16. The molecule has 0 amide bonds. The van der Waals surface area contributed by atoms with Crippen LogP contribution in [0.3, 0.4) is 0 Å². The molecule has 1 aromatic heterocycles. The zero-order valence-electron chi connectivity index (χ0n) is 19.8. The summed E-state index contributed by atoms with van der Waals surface area (Å²) in [4.78, 5) is 3.10. The first-order valence-corrected chi connectivity index (χ1v) is 13.8. The number of hydrogen-bond acceptors (Lipinski definition) is 3. The van der Waals surface area contributed by atoms with Gasteiger partial charge in [-0.1, -0.05) is 53.7 Å². The van der Waals surface area contributed by atoms with Gasteiger partial charge in [-0.3, -0.25) is 4.90 Å². The Morgan fingerprint density at radius 3 is 1.97 bits per heavy atom. The standard InChI is InChI=1S/C27H21ClF5N2S2.BrH/c28-17-11-9-16(10-12-17)25-26(36-15-19-20(29)22(31)24(33)23(32)21(19)30)35(18-7-3-1-4-8-18)27(37-25)34-13-5-2-6-14-34;/h1,3-4,7-12H,2,5-6,13-15H2;1H/q+1;/p-1. The topological polar surface area (TPSA) is 7.12 Å². The number of hydrogen-bond donors (Lipinski definition) is 0. The van der Waals surface area contributed by atoms with Crippen molar-refractivity contribution in [3.05, 3.63) is 94.3 Å². The number of halogens is 7. The third-order valence-corrected chi connectivity index (χ3v) is 8.91. The molecule has 0 bridgehead atoms. The summed E-state index contributed by atoms with van der Waals surface area (Å²) in [6.45, 7) is 1.71. The van der Waals surface area contributed by atoms with E-state index in [-0.39, 0.29) is 17.0 Å². The number of thioether (sulfide) groups is 1. The second-order valence-electron chi connectivity index (χ2n) is 8.58. The maximum Gasteiger partial charge on any atom is 0.342 e. The van der Waals surface area contributed by atoms with E-state index in [0.29, 0.717) is 10.0 Å². The molecule has 5 rings (SSSR count). The molecule has 0 aliphatic carbocycles. The Labute approximate surface area is 240 Å². The molecule has 1 aliphatic heterocycles. The van der Waals surface area contributed by atoms with Crippen molar-refractivity contribution >= 4 is 39.8 Å². The van der Waals surface area contributed by atoms with Crippen LogP contribution in [0.25, 0.3) is 16.1 Å². The fraction of sp³-hybridized carbons (Fsp3) is 0.222. The first kappa shape index (κ1) is 28.9. The predicted octanol–water partition coefficient (Wildman–Crippen LogP) is 5.33. The highest BCUT2D eigenvalue weighted by Gasteiger charge is 2.33. The Kier molecular flexibility index (Phi) is 9.39. The lowest BCUT2D eigenvalue weighted by Crippen LogP contribution is -3.00. The molecule has 200 valence electrons. The summed E-state index contributed by atoms with van der Waals surface area (Å²) in [6, 6.07) is 16.7. The number of nitrogens with zero attached hydrogens (tertiary/aromatic N) is 2. The fourth-order valence-corrected chi connectivity index (χ4v) is 7.10. The van der Waals surface area contributed by atoms with Crippen molar-refractivity contribution in [2.75, 3.05) is 18.0 Å². The number of benzene rings is 3. The molecule has 11 heteroatoms. The van der Waals surface area contributed by atoms with E-state index in [1.165, 1.54) is 11.3 Å². The summed E-state index contributed by atoms with van der Waals surface area (Å²) in [5.41, 5.74) is 0.815. The van der Waals surface area contributed by atoms with Gasteiger partial charge in [0.1, 0.15) is 5.69 Å². The van der Waals surface area contributed by atoms with Crippen molar-refractivity contribution in [3.63, 3.8) is 0 Å². The molecule has 0 saturated carbocycles. The summed E-state index contributed by atoms with van der Waals surface area (Å²) >= 11 is 8.67. The van der Waals surface area contributed by atoms with Crippen LogP contribution in [0.2, 0.25) is 5.02 Å². The van der Waals surface area contributed by atoms with Gasteiger partial charge < -0.3 is 17.0 Å². The van der Waals surface area contributed by atoms with Crippen molar-refractivity contribution in [2.45, 2.75) is 30.0 Å². The lowest BCUT2D eigenvalue weighted by Gasteiger charge is -2.21. The summed E-state index contributed by atoms with van der Waals surface area (Å²) in [5.74, 6) is -10.1. The van der Waals surface area contributed by atoms with Gasteiger partial charge >= 0.3 is 5.13 Å². The zero-order chi connectivity index (χ0) is 26.1. The van der Waals surface area contributed by atoms with Gasteiger partial charge in [0.2, 0.25) is 5.82 Å². The molecule has 4 aromatic rings. The number of thiazole rings is 1. The SMILES string of the molecule is Fc1c(F)c(F)c(CSc2c(-c3ccc(Cl)cc3)sc(N3CCCCC3)[n+]2-c2ccccc2)c(F)c1F.[Br-]. The molecule has 1 fully saturated rings. The van der Waals surface area contributed by atoms with Crippen LogP contribution in [-0.4, -0.2) is 13.1 Å². The second-order valence-corrected chi connectivity index (χ2v) is 11.0. The van der Waals surface area contributed by atoms with E-state index in [4.69, 9.17) is 11.6 Å². The normalized spacial score (nSPS) is 13.5. The van der Waals surface area contributed by atoms with Crippen LogP contribution in [0.4, 0.5) is 27.1 Å². The van der Waals surface area contributed by atoms with E-state index in [0.717, 1.165) is 65.4 Å². The average Bonchev–Trinajstić information content (AvgIpc) is 3.31. The third kappa shape index (κ3) is 5.59. The van der Waals surface area contributed by atoms with Crippen LogP contribution in [0, 0.1) is 29.1 Å². The Balaban J connectivity index is 0.00000336. The van der Waals surface area contributed by atoms with Crippen LogP contribution < -0.4 is 26.4 Å². The van der Waals surface area contributed by atoms with E-state index in [2.05, 4.69) is 4.90 Å². The van der Waals surface area contributed by atoms with Gasteiger partial charge in [0, 0.05) is 16.3 Å². The molecule has 0 spiro atoms. The monoisotopic (exact) mass is 646 g/mol. The number of aromatic nitrogens is 1. The van der Waals surface area contributed by atoms with Gasteiger partial charge in [0.05, 0.1) is 18.0 Å². The van der Waals surface area contributed by atoms with E-state index in [1.807, 2.05) is 47.0 Å². The summed E-state index contributed by atoms with van der Waals surface area (Å²) in [5, 5.41) is 2.14. The Morgan fingerprint density at radius 1 is 0.789 bits per heavy atom. The molecule has 3 aromatic carbocycles. The molecule has 0 N–H and O–H groups in total. The maximum atomic E-state index is 14.5. The Hall–Kier alpha value is -2.14. The van der Waals surface area contributed by atoms with Crippen molar-refractivity contribution in [3.8, 4) is 16.1 Å². The van der Waals surface area contributed by atoms with Crippen molar-refractivity contribution in [1.29, 1.82) is 0 Å². The zero-order valence-corrected chi connectivity index (χ0v) is 23.8. The molecule has 2 heterocycles. The summed E-state index contributed by atoms with van der Waals surface area (Å²) < 4.78 is 72.5. The minimum absolute atomic E-state index is 0. The number of piperidine rings is 1. The fourth-order valence-electron chi connectivity index (χ4n) is 4.30. The van der Waals surface area contributed by atoms with E-state index >= 15 is 0 Å². The first-order valence-electron chi connectivity index (χ1n) is 11.6. The molecule has 0 unspecified atom stereocenters. The van der Waals surface area contributed by atoms with E-state index in [1.54, 1.807) is 12.1 Å². The molecule has 38 heavy (non-hydrogen) atoms. The first-order chi connectivity index (χ1) is 17.9. The average molecular weight is 648 g/mol. The van der Waals surface area contributed by atoms with Crippen molar-refractivity contribution < 1.29 is 43.5 Å². The lowest BCUT2D eigenvalue weighted by molar-refractivity contribution is -0.617. The molecule has 1 aliphatic rings. The lowest BCUT2D eigenvalue weighted by atomic mass is 10.1. The number of anilines is 1. The molecular weight excluding hydrogens is 627 g/mol. The van der Waals surface area contributed by atoms with Crippen LogP contribution >= 0.6 is 34.7 Å². The highest BCUT2D eigenvalue weighted by atomic mass is 79.9. The van der Waals surface area contributed by atoms with Crippen LogP contribution in [0.5, 0.6) is 0 Å². The van der Waals surface area contributed by atoms with Gasteiger partial charge in [-0.25, -0.2) is 22.0 Å². The predicted molar refractivity (Wildman–Crippen MR) is 138 cm³/mol.